The molecule has 1 rings (SSSR count). The molecular weight excluding hydrogens is 199 g/mol. The molecule has 2 N–H and O–H groups in total. The van der Waals surface area contributed by atoms with Gasteiger partial charge >= 0.3 is 5.97 Å². The normalized spacial score (nSPS) is 10.3. The van der Waals surface area contributed by atoms with Crippen molar-refractivity contribution in [1.29, 1.82) is 0 Å². The third kappa shape index (κ3) is 2.94. The van der Waals surface area contributed by atoms with E-state index in [1.165, 1.54) is 6.07 Å². The smallest absolute Gasteiger partial charge is 0.303 e. The molecule has 1 aromatic rings. The number of carbonyl (C=O) groups is 1. The van der Waals surface area contributed by atoms with Crippen LogP contribution in [0.3, 0.4) is 0 Å². The fourth-order valence-electron chi connectivity index (χ4n) is 1.44. The van der Waals surface area contributed by atoms with Crippen molar-refractivity contribution in [3.63, 3.8) is 0 Å². The average molecular weight is 212 g/mol. The number of rotatable bonds is 4. The molecule has 1 aromatic carbocycles. The van der Waals surface area contributed by atoms with Crippen molar-refractivity contribution >= 4 is 5.97 Å². The summed E-state index contributed by atoms with van der Waals surface area (Å²) in [6.07, 6.45) is 0.796. The third-order valence-corrected chi connectivity index (χ3v) is 2.29. The van der Waals surface area contributed by atoms with Crippen LogP contribution in [0.2, 0.25) is 0 Å². The molecule has 4 heteroatoms. The molecule has 15 heavy (non-hydrogen) atoms. The van der Waals surface area contributed by atoms with E-state index in [0.29, 0.717) is 18.4 Å². The lowest BCUT2D eigenvalue weighted by Gasteiger charge is -2.08. The molecule has 3 nitrogen and oxygen atoms in total. The molecule has 82 valence electrons. The molecule has 0 aliphatic rings. The van der Waals surface area contributed by atoms with Gasteiger partial charge in [0, 0.05) is 6.42 Å². The zero-order valence-corrected chi connectivity index (χ0v) is 8.46. The largest absolute Gasteiger partial charge is 0.505 e. The summed E-state index contributed by atoms with van der Waals surface area (Å²) < 4.78 is 13.0. The molecule has 0 saturated carbocycles. The second-order valence-electron chi connectivity index (χ2n) is 3.44. The van der Waals surface area contributed by atoms with Crippen LogP contribution >= 0.6 is 0 Å². The van der Waals surface area contributed by atoms with E-state index in [1.54, 1.807) is 13.0 Å². The second kappa shape index (κ2) is 4.77. The van der Waals surface area contributed by atoms with Crippen molar-refractivity contribution in [2.75, 3.05) is 0 Å². The molecule has 0 amide bonds. The third-order valence-electron chi connectivity index (χ3n) is 2.29. The highest BCUT2D eigenvalue weighted by Gasteiger charge is 2.10. The minimum absolute atomic E-state index is 0.0232. The first-order chi connectivity index (χ1) is 7.02. The van der Waals surface area contributed by atoms with Crippen LogP contribution in [0.25, 0.3) is 0 Å². The van der Waals surface area contributed by atoms with Gasteiger partial charge in [-0.2, -0.15) is 0 Å². The van der Waals surface area contributed by atoms with Crippen LogP contribution in [0.1, 0.15) is 24.0 Å². The van der Waals surface area contributed by atoms with Crippen LogP contribution in [0.15, 0.2) is 12.1 Å². The van der Waals surface area contributed by atoms with Crippen LogP contribution in [0, 0.1) is 12.7 Å². The molecule has 0 radical (unpaired) electrons. The van der Waals surface area contributed by atoms with Crippen molar-refractivity contribution < 1.29 is 19.4 Å². The Bertz CT molecular complexity index is 374. The van der Waals surface area contributed by atoms with E-state index in [2.05, 4.69) is 0 Å². The van der Waals surface area contributed by atoms with E-state index in [-0.39, 0.29) is 12.2 Å². The maximum atomic E-state index is 13.0. The minimum atomic E-state index is -0.886. The van der Waals surface area contributed by atoms with Crippen molar-refractivity contribution in [2.24, 2.45) is 0 Å². The Morgan fingerprint density at radius 3 is 2.73 bits per heavy atom. The first-order valence-corrected chi connectivity index (χ1v) is 4.71. The zero-order valence-electron chi connectivity index (χ0n) is 8.46. The lowest BCUT2D eigenvalue weighted by atomic mass is 10.0. The Morgan fingerprint density at radius 1 is 1.47 bits per heavy atom. The van der Waals surface area contributed by atoms with E-state index in [0.717, 1.165) is 5.56 Å². The Morgan fingerprint density at radius 2 is 2.13 bits per heavy atom. The summed E-state index contributed by atoms with van der Waals surface area (Å²) in [5.41, 5.74) is 1.27. The zero-order chi connectivity index (χ0) is 11.4. The van der Waals surface area contributed by atoms with Crippen LogP contribution < -0.4 is 0 Å². The van der Waals surface area contributed by atoms with Gasteiger partial charge in [-0.15, -0.1) is 0 Å². The molecule has 0 saturated heterocycles. The topological polar surface area (TPSA) is 57.5 Å². The average Bonchev–Trinajstić information content (AvgIpc) is 2.17. The van der Waals surface area contributed by atoms with E-state index < -0.39 is 11.8 Å². The van der Waals surface area contributed by atoms with Gasteiger partial charge in [0.15, 0.2) is 11.6 Å². The number of hydrogen-bond donors (Lipinski definition) is 2. The van der Waals surface area contributed by atoms with Gasteiger partial charge in [0.05, 0.1) is 0 Å². The monoisotopic (exact) mass is 212 g/mol. The van der Waals surface area contributed by atoms with Crippen LogP contribution in [-0.2, 0) is 11.2 Å². The molecule has 0 aliphatic carbocycles. The molecule has 0 fully saturated rings. The van der Waals surface area contributed by atoms with Gasteiger partial charge in [0.2, 0.25) is 0 Å². The van der Waals surface area contributed by atoms with Gasteiger partial charge in [-0.3, -0.25) is 4.79 Å². The fourth-order valence-corrected chi connectivity index (χ4v) is 1.44. The standard InChI is InChI=1S/C11H13FO3/c1-7-5-6-9(12)11(15)8(7)3-2-4-10(13)14/h5-6,15H,2-4H2,1H3,(H,13,14). The second-order valence-corrected chi connectivity index (χ2v) is 3.44. The quantitative estimate of drug-likeness (QED) is 0.804. The number of phenols is 1. The number of halogens is 1. The maximum absolute atomic E-state index is 13.0. The number of aliphatic carboxylic acids is 1. The van der Waals surface area contributed by atoms with E-state index in [9.17, 15) is 14.3 Å². The molecule has 0 heterocycles. The number of phenolic OH excluding ortho intramolecular Hbond substituents is 1. The van der Waals surface area contributed by atoms with Gasteiger partial charge in [0.25, 0.3) is 0 Å². The van der Waals surface area contributed by atoms with Gasteiger partial charge in [0.1, 0.15) is 0 Å². The minimum Gasteiger partial charge on any atom is -0.505 e. The molecule has 0 unspecified atom stereocenters. The van der Waals surface area contributed by atoms with E-state index >= 15 is 0 Å². The number of hydrogen-bond acceptors (Lipinski definition) is 2. The Labute approximate surface area is 87.2 Å². The van der Waals surface area contributed by atoms with Crippen molar-refractivity contribution in [3.05, 3.63) is 29.1 Å². The predicted molar refractivity (Wildman–Crippen MR) is 53.4 cm³/mol. The fraction of sp³-hybridized carbons (Fsp3) is 0.364. The highest BCUT2D eigenvalue weighted by atomic mass is 19.1. The number of benzene rings is 1. The molecule has 0 aliphatic heterocycles. The van der Waals surface area contributed by atoms with Gasteiger partial charge in [-0.1, -0.05) is 6.07 Å². The van der Waals surface area contributed by atoms with Gasteiger partial charge in [-0.25, -0.2) is 4.39 Å². The lowest BCUT2D eigenvalue weighted by Crippen LogP contribution is -1.98. The summed E-state index contributed by atoms with van der Waals surface area (Å²) in [5, 5.41) is 17.9. The Hall–Kier alpha value is -1.58. The highest BCUT2D eigenvalue weighted by molar-refractivity contribution is 5.66. The number of carboxylic acid groups (broad SMARTS) is 1. The van der Waals surface area contributed by atoms with Crippen molar-refractivity contribution in [1.82, 2.24) is 0 Å². The van der Waals surface area contributed by atoms with Crippen LogP contribution in [0.4, 0.5) is 4.39 Å². The Balaban J connectivity index is 2.75. The van der Waals surface area contributed by atoms with Crippen LogP contribution in [-0.4, -0.2) is 16.2 Å². The Kier molecular flexibility index (Phi) is 3.66. The van der Waals surface area contributed by atoms with Crippen LogP contribution in [0.5, 0.6) is 5.75 Å². The SMILES string of the molecule is Cc1ccc(F)c(O)c1CCCC(=O)O. The van der Waals surface area contributed by atoms with E-state index in [1.807, 2.05) is 0 Å². The van der Waals surface area contributed by atoms with Crippen molar-refractivity contribution in [3.8, 4) is 5.75 Å². The summed E-state index contributed by atoms with van der Waals surface area (Å²) >= 11 is 0. The van der Waals surface area contributed by atoms with Crippen molar-refractivity contribution in [2.45, 2.75) is 26.2 Å². The summed E-state index contributed by atoms with van der Waals surface area (Å²) in [6.45, 7) is 1.76. The summed E-state index contributed by atoms with van der Waals surface area (Å²) in [7, 11) is 0. The molecule has 0 aromatic heterocycles. The molecular formula is C11H13FO3. The number of aryl methyl sites for hydroxylation is 1. The predicted octanol–water partition coefficient (Wildman–Crippen LogP) is 2.25. The summed E-state index contributed by atoms with van der Waals surface area (Å²) in [6, 6.07) is 2.77. The molecule has 0 spiro atoms. The lowest BCUT2D eigenvalue weighted by molar-refractivity contribution is -0.137. The summed E-state index contributed by atoms with van der Waals surface area (Å²) in [5.74, 6) is -1.91. The number of aromatic hydroxyl groups is 1. The highest BCUT2D eigenvalue weighted by Crippen LogP contribution is 2.25. The summed E-state index contributed by atoms with van der Waals surface area (Å²) in [4.78, 5) is 10.3. The van der Waals surface area contributed by atoms with Gasteiger partial charge < -0.3 is 10.2 Å². The first-order valence-electron chi connectivity index (χ1n) is 4.71. The number of carboxylic acids is 1. The van der Waals surface area contributed by atoms with E-state index in [4.69, 9.17) is 5.11 Å². The maximum Gasteiger partial charge on any atom is 0.303 e. The van der Waals surface area contributed by atoms with Gasteiger partial charge in [-0.05, 0) is 37.0 Å². The molecule has 0 atom stereocenters. The molecule has 0 bridgehead atoms. The first kappa shape index (κ1) is 11.5.